The summed E-state index contributed by atoms with van der Waals surface area (Å²) in [6.07, 6.45) is 1.06. The molecule has 0 aromatic heterocycles. The lowest BCUT2D eigenvalue weighted by atomic mass is 9.88. The van der Waals surface area contributed by atoms with Crippen LogP contribution in [0.25, 0.3) is 11.1 Å². The molecule has 92 valence electrons. The maximum atomic E-state index is 9.37. The summed E-state index contributed by atoms with van der Waals surface area (Å²) in [5.41, 5.74) is 3.62. The summed E-state index contributed by atoms with van der Waals surface area (Å²) in [7, 11) is 0. The van der Waals surface area contributed by atoms with Crippen molar-refractivity contribution >= 4 is 0 Å². The summed E-state index contributed by atoms with van der Waals surface area (Å²) in [5, 5.41) is 9.37. The van der Waals surface area contributed by atoms with E-state index < -0.39 is 0 Å². The van der Waals surface area contributed by atoms with Gasteiger partial charge in [0.2, 0.25) is 0 Å². The van der Waals surface area contributed by atoms with Crippen LogP contribution in [0.5, 0.6) is 11.5 Å². The summed E-state index contributed by atoms with van der Waals surface area (Å²) < 4.78 is 5.73. The third kappa shape index (κ3) is 1.84. The van der Waals surface area contributed by atoms with Crippen LogP contribution in [0, 0.1) is 0 Å². The molecule has 0 spiro atoms. The SMILES string of the molecule is CC1CCOc2cccc(-c3ccc(O)cc3)c21. The Morgan fingerprint density at radius 2 is 1.89 bits per heavy atom. The third-order valence-corrected chi connectivity index (χ3v) is 3.55. The number of hydrogen-bond acceptors (Lipinski definition) is 2. The molecular formula is C16H16O2. The molecule has 1 aliphatic rings. The maximum absolute atomic E-state index is 9.37. The predicted octanol–water partition coefficient (Wildman–Crippen LogP) is 3.95. The van der Waals surface area contributed by atoms with Crippen LogP contribution in [0.1, 0.15) is 24.8 Å². The second-order valence-corrected chi connectivity index (χ2v) is 4.80. The minimum atomic E-state index is 0.299. The Morgan fingerprint density at radius 3 is 2.67 bits per heavy atom. The van der Waals surface area contributed by atoms with Crippen molar-refractivity contribution in [2.45, 2.75) is 19.3 Å². The largest absolute Gasteiger partial charge is 0.508 e. The molecule has 1 aliphatic heterocycles. The first-order valence-electron chi connectivity index (χ1n) is 6.31. The molecule has 1 unspecified atom stereocenters. The number of aromatic hydroxyl groups is 1. The van der Waals surface area contributed by atoms with E-state index in [9.17, 15) is 5.11 Å². The van der Waals surface area contributed by atoms with Gasteiger partial charge in [-0.3, -0.25) is 0 Å². The molecule has 0 fully saturated rings. The summed E-state index contributed by atoms with van der Waals surface area (Å²) in [5.74, 6) is 1.81. The zero-order valence-corrected chi connectivity index (χ0v) is 10.4. The molecule has 0 aliphatic carbocycles. The molecule has 2 nitrogen and oxygen atoms in total. The van der Waals surface area contributed by atoms with Gasteiger partial charge >= 0.3 is 0 Å². The van der Waals surface area contributed by atoms with E-state index in [4.69, 9.17) is 4.74 Å². The van der Waals surface area contributed by atoms with Gasteiger partial charge in [-0.25, -0.2) is 0 Å². The van der Waals surface area contributed by atoms with Gasteiger partial charge in [-0.1, -0.05) is 31.2 Å². The van der Waals surface area contributed by atoms with Gasteiger partial charge in [0, 0.05) is 5.56 Å². The van der Waals surface area contributed by atoms with E-state index in [1.54, 1.807) is 12.1 Å². The predicted molar refractivity (Wildman–Crippen MR) is 72.1 cm³/mol. The highest BCUT2D eigenvalue weighted by atomic mass is 16.5. The van der Waals surface area contributed by atoms with E-state index >= 15 is 0 Å². The number of phenols is 1. The molecule has 0 bridgehead atoms. The minimum Gasteiger partial charge on any atom is -0.508 e. The first-order valence-corrected chi connectivity index (χ1v) is 6.31. The summed E-state index contributed by atoms with van der Waals surface area (Å²) in [4.78, 5) is 0. The lowest BCUT2D eigenvalue weighted by Gasteiger charge is -2.25. The molecule has 1 heterocycles. The lowest BCUT2D eigenvalue weighted by molar-refractivity contribution is 0.272. The van der Waals surface area contributed by atoms with Gasteiger partial charge < -0.3 is 9.84 Å². The Bertz CT molecular complexity index is 558. The van der Waals surface area contributed by atoms with E-state index in [1.807, 2.05) is 24.3 Å². The molecule has 0 saturated heterocycles. The van der Waals surface area contributed by atoms with Crippen molar-refractivity contribution < 1.29 is 9.84 Å². The van der Waals surface area contributed by atoms with Crippen LogP contribution in [0.2, 0.25) is 0 Å². The number of fused-ring (bicyclic) bond motifs is 1. The number of hydrogen-bond donors (Lipinski definition) is 1. The van der Waals surface area contributed by atoms with Gasteiger partial charge in [0.15, 0.2) is 0 Å². The zero-order valence-electron chi connectivity index (χ0n) is 10.4. The topological polar surface area (TPSA) is 29.5 Å². The second-order valence-electron chi connectivity index (χ2n) is 4.80. The highest BCUT2D eigenvalue weighted by Gasteiger charge is 2.21. The lowest BCUT2D eigenvalue weighted by Crippen LogP contribution is -2.12. The smallest absolute Gasteiger partial charge is 0.123 e. The van der Waals surface area contributed by atoms with Gasteiger partial charge in [-0.2, -0.15) is 0 Å². The van der Waals surface area contributed by atoms with Gasteiger partial charge in [-0.15, -0.1) is 0 Å². The average molecular weight is 240 g/mol. The van der Waals surface area contributed by atoms with E-state index in [0.717, 1.165) is 24.3 Å². The maximum Gasteiger partial charge on any atom is 0.123 e. The summed E-state index contributed by atoms with van der Waals surface area (Å²) in [6.45, 7) is 3.04. The van der Waals surface area contributed by atoms with Gasteiger partial charge in [0.1, 0.15) is 11.5 Å². The Balaban J connectivity index is 2.15. The third-order valence-electron chi connectivity index (χ3n) is 3.55. The fourth-order valence-electron chi connectivity index (χ4n) is 2.56. The van der Waals surface area contributed by atoms with Gasteiger partial charge in [0.05, 0.1) is 6.61 Å². The first kappa shape index (κ1) is 11.1. The van der Waals surface area contributed by atoms with E-state index in [0.29, 0.717) is 11.7 Å². The number of ether oxygens (including phenoxy) is 1. The van der Waals surface area contributed by atoms with Crippen LogP contribution in [0.15, 0.2) is 42.5 Å². The van der Waals surface area contributed by atoms with Gasteiger partial charge in [-0.05, 0) is 41.7 Å². The van der Waals surface area contributed by atoms with Crippen LogP contribution in [0.3, 0.4) is 0 Å². The van der Waals surface area contributed by atoms with Crippen molar-refractivity contribution in [3.63, 3.8) is 0 Å². The Kier molecular flexibility index (Phi) is 2.71. The van der Waals surface area contributed by atoms with Crippen LogP contribution in [0.4, 0.5) is 0 Å². The molecule has 18 heavy (non-hydrogen) atoms. The number of phenolic OH excluding ortho intramolecular Hbond substituents is 1. The molecule has 0 radical (unpaired) electrons. The molecule has 0 saturated carbocycles. The normalized spacial score (nSPS) is 17.9. The second kappa shape index (κ2) is 4.37. The summed E-state index contributed by atoms with van der Waals surface area (Å²) in [6, 6.07) is 13.5. The van der Waals surface area contributed by atoms with Crippen LogP contribution in [-0.4, -0.2) is 11.7 Å². The highest BCUT2D eigenvalue weighted by molar-refractivity contribution is 5.71. The Morgan fingerprint density at radius 1 is 1.11 bits per heavy atom. The fraction of sp³-hybridized carbons (Fsp3) is 0.250. The standard InChI is InChI=1S/C16H16O2/c1-11-9-10-18-15-4-2-3-14(16(11)15)12-5-7-13(17)8-6-12/h2-8,11,17H,9-10H2,1H3. The molecular weight excluding hydrogens is 224 g/mol. The Labute approximate surface area is 107 Å². The minimum absolute atomic E-state index is 0.299. The van der Waals surface area contributed by atoms with E-state index in [-0.39, 0.29) is 0 Å². The zero-order chi connectivity index (χ0) is 12.5. The van der Waals surface area contributed by atoms with Crippen LogP contribution in [-0.2, 0) is 0 Å². The van der Waals surface area contributed by atoms with Crippen molar-refractivity contribution in [3.8, 4) is 22.6 Å². The molecule has 1 atom stereocenters. The quantitative estimate of drug-likeness (QED) is 0.818. The van der Waals surface area contributed by atoms with Crippen LogP contribution >= 0.6 is 0 Å². The van der Waals surface area contributed by atoms with Crippen LogP contribution < -0.4 is 4.74 Å². The number of rotatable bonds is 1. The number of benzene rings is 2. The van der Waals surface area contributed by atoms with Gasteiger partial charge in [0.25, 0.3) is 0 Å². The molecule has 1 N–H and O–H groups in total. The summed E-state index contributed by atoms with van der Waals surface area (Å²) >= 11 is 0. The van der Waals surface area contributed by atoms with Crippen molar-refractivity contribution in [2.75, 3.05) is 6.61 Å². The molecule has 0 amide bonds. The van der Waals surface area contributed by atoms with E-state index in [1.165, 1.54) is 11.1 Å². The van der Waals surface area contributed by atoms with Crippen molar-refractivity contribution in [1.29, 1.82) is 0 Å². The molecule has 2 heteroatoms. The average Bonchev–Trinajstić information content (AvgIpc) is 2.39. The highest BCUT2D eigenvalue weighted by Crippen LogP contribution is 2.40. The molecule has 2 aromatic rings. The van der Waals surface area contributed by atoms with E-state index in [2.05, 4.69) is 13.0 Å². The van der Waals surface area contributed by atoms with Crippen molar-refractivity contribution in [1.82, 2.24) is 0 Å². The van der Waals surface area contributed by atoms with Crippen molar-refractivity contribution in [2.24, 2.45) is 0 Å². The Hall–Kier alpha value is -1.96. The monoisotopic (exact) mass is 240 g/mol. The van der Waals surface area contributed by atoms with Crippen molar-refractivity contribution in [3.05, 3.63) is 48.0 Å². The molecule has 3 rings (SSSR count). The fourth-order valence-corrected chi connectivity index (χ4v) is 2.56. The molecule has 2 aromatic carbocycles. The first-order chi connectivity index (χ1) is 8.75.